The molecule has 0 saturated heterocycles. The normalized spacial score (nSPS) is 10.6. The SMILES string of the molecule is O=C(O)c1cc(Br)c(=O)n2cc[nH]c12. The number of aromatic nitrogens is 2. The van der Waals surface area contributed by atoms with Gasteiger partial charge in [0.2, 0.25) is 0 Å². The van der Waals surface area contributed by atoms with E-state index < -0.39 is 5.97 Å². The van der Waals surface area contributed by atoms with Crippen molar-refractivity contribution in [2.24, 2.45) is 0 Å². The summed E-state index contributed by atoms with van der Waals surface area (Å²) < 4.78 is 1.47. The van der Waals surface area contributed by atoms with E-state index in [0.29, 0.717) is 0 Å². The Morgan fingerprint density at radius 3 is 2.93 bits per heavy atom. The van der Waals surface area contributed by atoms with Crippen LogP contribution in [0.1, 0.15) is 10.4 Å². The van der Waals surface area contributed by atoms with E-state index in [2.05, 4.69) is 20.9 Å². The molecule has 14 heavy (non-hydrogen) atoms. The fraction of sp³-hybridized carbons (Fsp3) is 0. The van der Waals surface area contributed by atoms with Gasteiger partial charge in [-0.05, 0) is 22.0 Å². The number of rotatable bonds is 1. The van der Waals surface area contributed by atoms with Crippen LogP contribution in [0.3, 0.4) is 0 Å². The Labute approximate surface area is 86.1 Å². The number of imidazole rings is 1. The Morgan fingerprint density at radius 1 is 1.57 bits per heavy atom. The zero-order valence-corrected chi connectivity index (χ0v) is 8.41. The first-order valence-corrected chi connectivity index (χ1v) is 4.52. The minimum atomic E-state index is -1.08. The number of carbonyl (C=O) groups is 1. The van der Waals surface area contributed by atoms with E-state index in [1.54, 1.807) is 0 Å². The van der Waals surface area contributed by atoms with Crippen molar-refractivity contribution in [2.75, 3.05) is 0 Å². The molecule has 0 saturated carbocycles. The number of carboxylic acid groups (broad SMARTS) is 1. The van der Waals surface area contributed by atoms with E-state index in [1.807, 2.05) is 0 Å². The van der Waals surface area contributed by atoms with Gasteiger partial charge in [-0.2, -0.15) is 0 Å². The zero-order valence-electron chi connectivity index (χ0n) is 6.82. The van der Waals surface area contributed by atoms with Crippen LogP contribution in [0.25, 0.3) is 5.65 Å². The summed E-state index contributed by atoms with van der Waals surface area (Å²) in [7, 11) is 0. The van der Waals surface area contributed by atoms with Crippen molar-refractivity contribution in [1.29, 1.82) is 0 Å². The van der Waals surface area contributed by atoms with Gasteiger partial charge in [0.15, 0.2) is 0 Å². The predicted octanol–water partition coefficient (Wildman–Crippen LogP) is 1.09. The maximum atomic E-state index is 11.5. The lowest BCUT2D eigenvalue weighted by molar-refractivity contribution is 0.0698. The molecular weight excluding hydrogens is 252 g/mol. The monoisotopic (exact) mass is 256 g/mol. The average molecular weight is 257 g/mol. The summed E-state index contributed by atoms with van der Waals surface area (Å²) in [6, 6.07) is 1.29. The second-order valence-corrected chi connectivity index (χ2v) is 3.55. The lowest BCUT2D eigenvalue weighted by atomic mass is 10.3. The molecule has 0 amide bonds. The molecule has 0 spiro atoms. The van der Waals surface area contributed by atoms with Crippen LogP contribution in [0.15, 0.2) is 27.7 Å². The summed E-state index contributed by atoms with van der Waals surface area (Å²) in [5.41, 5.74) is 0.0541. The van der Waals surface area contributed by atoms with E-state index in [0.717, 1.165) is 0 Å². The third-order valence-electron chi connectivity index (χ3n) is 1.86. The molecule has 2 heterocycles. The number of H-pyrrole nitrogens is 1. The molecule has 0 aliphatic rings. The molecule has 6 heteroatoms. The number of aromatic amines is 1. The van der Waals surface area contributed by atoms with E-state index in [1.165, 1.54) is 22.9 Å². The highest BCUT2D eigenvalue weighted by Crippen LogP contribution is 2.12. The molecule has 2 rings (SSSR count). The number of nitrogens with one attached hydrogen (secondary N) is 1. The van der Waals surface area contributed by atoms with Crippen LogP contribution in [0, 0.1) is 0 Å². The standard InChI is InChI=1S/C8H5BrN2O3/c9-5-3-4(8(13)14)6-10-1-2-11(6)7(5)12/h1-3,10H,(H,13,14). The third-order valence-corrected chi connectivity index (χ3v) is 2.43. The highest BCUT2D eigenvalue weighted by atomic mass is 79.9. The summed E-state index contributed by atoms with van der Waals surface area (Å²) in [6.07, 6.45) is 2.99. The lowest BCUT2D eigenvalue weighted by Crippen LogP contribution is -2.15. The van der Waals surface area contributed by atoms with Gasteiger partial charge in [-0.25, -0.2) is 4.79 Å². The predicted molar refractivity (Wildman–Crippen MR) is 52.7 cm³/mol. The van der Waals surface area contributed by atoms with Crippen molar-refractivity contribution < 1.29 is 9.90 Å². The second kappa shape index (κ2) is 2.98. The molecular formula is C8H5BrN2O3. The van der Waals surface area contributed by atoms with Gasteiger partial charge in [0.1, 0.15) is 11.2 Å². The molecule has 2 aromatic heterocycles. The van der Waals surface area contributed by atoms with E-state index in [9.17, 15) is 9.59 Å². The van der Waals surface area contributed by atoms with Crippen LogP contribution in [-0.2, 0) is 0 Å². The Bertz CT molecular complexity index is 569. The third kappa shape index (κ3) is 1.15. The molecule has 0 unspecified atom stereocenters. The number of nitrogens with zero attached hydrogens (tertiary/aromatic N) is 1. The Morgan fingerprint density at radius 2 is 2.29 bits per heavy atom. The van der Waals surface area contributed by atoms with Crippen molar-refractivity contribution >= 4 is 27.5 Å². The molecule has 0 aliphatic carbocycles. The van der Waals surface area contributed by atoms with Crippen molar-refractivity contribution in [2.45, 2.75) is 0 Å². The minimum absolute atomic E-state index is 0.0569. The van der Waals surface area contributed by atoms with Crippen LogP contribution >= 0.6 is 15.9 Å². The smallest absolute Gasteiger partial charge is 0.339 e. The molecule has 0 radical (unpaired) electrons. The molecule has 0 aliphatic heterocycles. The number of carboxylic acids is 1. The number of halogens is 1. The maximum absolute atomic E-state index is 11.5. The summed E-state index contributed by atoms with van der Waals surface area (Å²) >= 11 is 3.01. The zero-order chi connectivity index (χ0) is 10.3. The lowest BCUT2D eigenvalue weighted by Gasteiger charge is -1.99. The van der Waals surface area contributed by atoms with Crippen LogP contribution < -0.4 is 5.56 Å². The van der Waals surface area contributed by atoms with Crippen molar-refractivity contribution in [3.63, 3.8) is 0 Å². The van der Waals surface area contributed by atoms with Gasteiger partial charge >= 0.3 is 5.97 Å². The van der Waals surface area contributed by atoms with Gasteiger partial charge in [-0.15, -0.1) is 0 Å². The topological polar surface area (TPSA) is 74.6 Å². The molecule has 0 bridgehead atoms. The first-order valence-electron chi connectivity index (χ1n) is 3.73. The van der Waals surface area contributed by atoms with Gasteiger partial charge < -0.3 is 10.1 Å². The second-order valence-electron chi connectivity index (χ2n) is 2.69. The number of hydrogen-bond donors (Lipinski definition) is 2. The number of hydrogen-bond acceptors (Lipinski definition) is 2. The van der Waals surface area contributed by atoms with E-state index in [-0.39, 0.29) is 21.2 Å². The summed E-state index contributed by atoms with van der Waals surface area (Å²) in [5, 5.41) is 8.86. The fourth-order valence-corrected chi connectivity index (χ4v) is 1.67. The fourth-order valence-electron chi connectivity index (χ4n) is 1.25. The van der Waals surface area contributed by atoms with Crippen LogP contribution in [-0.4, -0.2) is 20.5 Å². The Balaban J connectivity index is 2.99. The summed E-state index contributed by atoms with van der Waals surface area (Å²) in [6.45, 7) is 0. The molecule has 0 atom stereocenters. The summed E-state index contributed by atoms with van der Waals surface area (Å²) in [4.78, 5) is 25.0. The minimum Gasteiger partial charge on any atom is -0.478 e. The first-order chi connectivity index (χ1) is 6.61. The van der Waals surface area contributed by atoms with E-state index in [4.69, 9.17) is 5.11 Å². The molecule has 0 aromatic carbocycles. The van der Waals surface area contributed by atoms with Crippen molar-refractivity contribution in [1.82, 2.24) is 9.38 Å². The van der Waals surface area contributed by atoms with Gasteiger partial charge in [-0.3, -0.25) is 9.20 Å². The van der Waals surface area contributed by atoms with Gasteiger partial charge in [-0.1, -0.05) is 0 Å². The molecule has 0 fully saturated rings. The van der Waals surface area contributed by atoms with Crippen molar-refractivity contribution in [3.8, 4) is 0 Å². The number of aromatic carboxylic acids is 1. The maximum Gasteiger partial charge on any atom is 0.339 e. The summed E-state index contributed by atoms with van der Waals surface area (Å²) in [5.74, 6) is -1.08. The Kier molecular flexibility index (Phi) is 1.92. The molecule has 2 aromatic rings. The largest absolute Gasteiger partial charge is 0.478 e. The van der Waals surface area contributed by atoms with E-state index >= 15 is 0 Å². The molecule has 5 nitrogen and oxygen atoms in total. The van der Waals surface area contributed by atoms with Crippen LogP contribution in [0.4, 0.5) is 0 Å². The first kappa shape index (κ1) is 9.01. The van der Waals surface area contributed by atoms with Gasteiger partial charge in [0.25, 0.3) is 5.56 Å². The van der Waals surface area contributed by atoms with Crippen LogP contribution in [0.2, 0.25) is 0 Å². The highest BCUT2D eigenvalue weighted by Gasteiger charge is 2.13. The number of fused-ring (bicyclic) bond motifs is 1. The van der Waals surface area contributed by atoms with Crippen LogP contribution in [0.5, 0.6) is 0 Å². The van der Waals surface area contributed by atoms with Gasteiger partial charge in [0, 0.05) is 12.4 Å². The molecule has 72 valence electrons. The average Bonchev–Trinajstić information content (AvgIpc) is 2.59. The molecule has 2 N–H and O–H groups in total. The number of pyridine rings is 1. The highest BCUT2D eigenvalue weighted by molar-refractivity contribution is 9.10. The van der Waals surface area contributed by atoms with Gasteiger partial charge in [0.05, 0.1) is 4.47 Å². The quantitative estimate of drug-likeness (QED) is 0.802. The van der Waals surface area contributed by atoms with Crippen molar-refractivity contribution in [3.05, 3.63) is 38.9 Å². The Hall–Kier alpha value is -1.56.